The highest BCUT2D eigenvalue weighted by Gasteiger charge is 2.31. The number of rotatable bonds is 4. The van der Waals surface area contributed by atoms with Crippen LogP contribution in [0.15, 0.2) is 27.6 Å². The van der Waals surface area contributed by atoms with Crippen LogP contribution >= 0.6 is 15.9 Å². The van der Waals surface area contributed by atoms with Crippen molar-refractivity contribution in [2.45, 2.75) is 23.8 Å². The summed E-state index contributed by atoms with van der Waals surface area (Å²) in [5.41, 5.74) is 0. The lowest BCUT2D eigenvalue weighted by atomic mass is 10.1. The second-order valence-corrected chi connectivity index (χ2v) is 7.58. The molecule has 5 nitrogen and oxygen atoms in total. The average Bonchev–Trinajstić information content (AvgIpc) is 2.47. The van der Waals surface area contributed by atoms with Crippen molar-refractivity contribution in [2.75, 3.05) is 27.2 Å². The summed E-state index contributed by atoms with van der Waals surface area (Å²) >= 11 is 3.31. The maximum absolute atomic E-state index is 12.7. The Kier molecular flexibility index (Phi) is 5.06. The van der Waals surface area contributed by atoms with Gasteiger partial charge in [-0.05, 0) is 38.1 Å². The number of halogens is 1. The van der Waals surface area contributed by atoms with Crippen molar-refractivity contribution in [3.63, 3.8) is 0 Å². The van der Waals surface area contributed by atoms with Crippen molar-refractivity contribution < 1.29 is 13.2 Å². The SMILES string of the molecule is CNC1CCN(S(=O)(=O)c2cc(Br)ccc2OC)CC1. The molecule has 0 atom stereocenters. The van der Waals surface area contributed by atoms with Crippen LogP contribution in [0.3, 0.4) is 0 Å². The third kappa shape index (κ3) is 3.16. The lowest BCUT2D eigenvalue weighted by molar-refractivity contribution is 0.297. The van der Waals surface area contributed by atoms with E-state index >= 15 is 0 Å². The van der Waals surface area contributed by atoms with E-state index in [1.54, 1.807) is 18.2 Å². The van der Waals surface area contributed by atoms with Crippen LogP contribution in [0, 0.1) is 0 Å². The molecule has 0 bridgehead atoms. The summed E-state index contributed by atoms with van der Waals surface area (Å²) in [6.07, 6.45) is 1.65. The molecule has 1 saturated heterocycles. The monoisotopic (exact) mass is 362 g/mol. The minimum Gasteiger partial charge on any atom is -0.495 e. The fraction of sp³-hybridized carbons (Fsp3) is 0.538. The molecule has 7 heteroatoms. The van der Waals surface area contributed by atoms with Gasteiger partial charge < -0.3 is 10.1 Å². The molecule has 0 saturated carbocycles. The number of ether oxygens (including phenoxy) is 1. The molecule has 2 rings (SSSR count). The van der Waals surface area contributed by atoms with Crippen molar-refractivity contribution in [3.8, 4) is 5.75 Å². The number of hydrogen-bond acceptors (Lipinski definition) is 4. The summed E-state index contributed by atoms with van der Waals surface area (Å²) in [7, 11) is -0.118. The molecule has 0 amide bonds. The van der Waals surface area contributed by atoms with E-state index in [0.717, 1.165) is 17.3 Å². The van der Waals surface area contributed by atoms with Crippen molar-refractivity contribution in [3.05, 3.63) is 22.7 Å². The number of sulfonamides is 1. The van der Waals surface area contributed by atoms with Gasteiger partial charge in [-0.25, -0.2) is 8.42 Å². The highest BCUT2D eigenvalue weighted by molar-refractivity contribution is 9.10. The molecule has 112 valence electrons. The zero-order chi connectivity index (χ0) is 14.8. The van der Waals surface area contributed by atoms with Crippen molar-refractivity contribution in [2.24, 2.45) is 0 Å². The van der Waals surface area contributed by atoms with Gasteiger partial charge in [0.2, 0.25) is 10.0 Å². The van der Waals surface area contributed by atoms with Gasteiger partial charge in [-0.2, -0.15) is 4.31 Å². The summed E-state index contributed by atoms with van der Waals surface area (Å²) in [4.78, 5) is 0.220. The number of benzene rings is 1. The quantitative estimate of drug-likeness (QED) is 0.887. The van der Waals surface area contributed by atoms with E-state index in [4.69, 9.17) is 4.74 Å². The van der Waals surface area contributed by atoms with Crippen LogP contribution in [0.25, 0.3) is 0 Å². The maximum Gasteiger partial charge on any atom is 0.246 e. The van der Waals surface area contributed by atoms with Gasteiger partial charge in [0, 0.05) is 23.6 Å². The van der Waals surface area contributed by atoms with Crippen LogP contribution in [0.5, 0.6) is 5.75 Å². The van der Waals surface area contributed by atoms with Gasteiger partial charge in [-0.15, -0.1) is 0 Å². The van der Waals surface area contributed by atoms with E-state index in [1.165, 1.54) is 11.4 Å². The minimum absolute atomic E-state index is 0.220. The van der Waals surface area contributed by atoms with E-state index in [2.05, 4.69) is 21.2 Å². The molecule has 0 unspecified atom stereocenters. The molecule has 0 aromatic heterocycles. The third-order valence-electron chi connectivity index (χ3n) is 3.61. The standard InChI is InChI=1S/C13H19BrN2O3S/c1-15-11-5-7-16(8-6-11)20(17,18)13-9-10(14)3-4-12(13)19-2/h3-4,9,11,15H,5-8H2,1-2H3. The smallest absolute Gasteiger partial charge is 0.246 e. The van der Waals surface area contributed by atoms with Crippen LogP contribution in [0.2, 0.25) is 0 Å². The summed E-state index contributed by atoms with van der Waals surface area (Å²) in [5, 5.41) is 3.19. The molecule has 20 heavy (non-hydrogen) atoms. The van der Waals surface area contributed by atoms with Crippen LogP contribution < -0.4 is 10.1 Å². The van der Waals surface area contributed by atoms with Gasteiger partial charge in [0.25, 0.3) is 0 Å². The summed E-state index contributed by atoms with van der Waals surface area (Å²) in [5.74, 6) is 0.379. The first-order chi connectivity index (χ1) is 9.48. The Hall–Kier alpha value is -0.630. The van der Waals surface area contributed by atoms with Gasteiger partial charge >= 0.3 is 0 Å². The lowest BCUT2D eigenvalue weighted by Crippen LogP contribution is -2.43. The van der Waals surface area contributed by atoms with Crippen LogP contribution in [-0.2, 0) is 10.0 Å². The molecular formula is C13H19BrN2O3S. The Bertz CT molecular complexity index is 569. The largest absolute Gasteiger partial charge is 0.495 e. The minimum atomic E-state index is -3.51. The molecule has 1 N–H and O–H groups in total. The van der Waals surface area contributed by atoms with Gasteiger partial charge in [-0.3, -0.25) is 0 Å². The number of piperidine rings is 1. The second kappa shape index (κ2) is 6.43. The number of nitrogens with one attached hydrogen (secondary N) is 1. The predicted octanol–water partition coefficient (Wildman–Crippen LogP) is 1.83. The molecule has 0 spiro atoms. The van der Waals surface area contributed by atoms with E-state index in [9.17, 15) is 8.42 Å². The van der Waals surface area contributed by atoms with Gasteiger partial charge in [0.05, 0.1) is 7.11 Å². The fourth-order valence-electron chi connectivity index (χ4n) is 2.38. The normalized spacial score (nSPS) is 18.1. The van der Waals surface area contributed by atoms with Gasteiger partial charge in [-0.1, -0.05) is 15.9 Å². The Labute approximate surface area is 128 Å². The predicted molar refractivity (Wildman–Crippen MR) is 81.5 cm³/mol. The molecule has 1 heterocycles. The summed E-state index contributed by atoms with van der Waals surface area (Å²) in [6.45, 7) is 1.06. The molecular weight excluding hydrogens is 344 g/mol. The van der Waals surface area contributed by atoms with Crippen molar-refractivity contribution in [1.29, 1.82) is 0 Å². The average molecular weight is 363 g/mol. The second-order valence-electron chi connectivity index (χ2n) is 4.76. The van der Waals surface area contributed by atoms with Gasteiger partial charge in [0.1, 0.15) is 10.6 Å². The highest BCUT2D eigenvalue weighted by Crippen LogP contribution is 2.31. The molecule has 1 aromatic carbocycles. The fourth-order valence-corrected chi connectivity index (χ4v) is 4.54. The van der Waals surface area contributed by atoms with E-state index in [1.807, 2.05) is 7.05 Å². The lowest BCUT2D eigenvalue weighted by Gasteiger charge is -2.31. The van der Waals surface area contributed by atoms with Gasteiger partial charge in [0.15, 0.2) is 0 Å². The first-order valence-electron chi connectivity index (χ1n) is 6.50. The van der Waals surface area contributed by atoms with Crippen molar-refractivity contribution >= 4 is 26.0 Å². The van der Waals surface area contributed by atoms with E-state index < -0.39 is 10.0 Å². The number of methoxy groups -OCH3 is 1. The Balaban J connectivity index is 2.29. The van der Waals surface area contributed by atoms with Crippen LogP contribution in [0.4, 0.5) is 0 Å². The number of nitrogens with zero attached hydrogens (tertiary/aromatic N) is 1. The molecule has 0 aliphatic carbocycles. The van der Waals surface area contributed by atoms with Crippen LogP contribution in [0.1, 0.15) is 12.8 Å². The topological polar surface area (TPSA) is 58.6 Å². The molecule has 1 aliphatic heterocycles. The highest BCUT2D eigenvalue weighted by atomic mass is 79.9. The maximum atomic E-state index is 12.7. The third-order valence-corrected chi connectivity index (χ3v) is 6.02. The number of hydrogen-bond donors (Lipinski definition) is 1. The first-order valence-corrected chi connectivity index (χ1v) is 8.73. The molecule has 1 aromatic rings. The molecule has 0 radical (unpaired) electrons. The van der Waals surface area contributed by atoms with E-state index in [0.29, 0.717) is 24.9 Å². The molecule has 1 fully saturated rings. The summed E-state index contributed by atoms with van der Waals surface area (Å²) < 4.78 is 32.9. The Morgan fingerprint density at radius 3 is 2.55 bits per heavy atom. The van der Waals surface area contributed by atoms with E-state index in [-0.39, 0.29) is 4.90 Å². The summed E-state index contributed by atoms with van der Waals surface area (Å²) in [6, 6.07) is 5.42. The molecule has 1 aliphatic rings. The first kappa shape index (κ1) is 15.8. The zero-order valence-corrected chi connectivity index (χ0v) is 14.0. The van der Waals surface area contributed by atoms with Crippen LogP contribution in [-0.4, -0.2) is 46.0 Å². The Morgan fingerprint density at radius 2 is 2.00 bits per heavy atom. The zero-order valence-electron chi connectivity index (χ0n) is 11.6. The van der Waals surface area contributed by atoms with Crippen molar-refractivity contribution in [1.82, 2.24) is 9.62 Å². The Morgan fingerprint density at radius 1 is 1.35 bits per heavy atom.